The van der Waals surface area contributed by atoms with E-state index in [4.69, 9.17) is 0 Å². The summed E-state index contributed by atoms with van der Waals surface area (Å²) in [6.45, 7) is 1.71. The van der Waals surface area contributed by atoms with Crippen molar-refractivity contribution in [2.24, 2.45) is 0 Å². The highest BCUT2D eigenvalue weighted by molar-refractivity contribution is 5.91. The number of aromatic nitrogens is 2. The number of halogens is 2. The molecule has 1 heterocycles. The lowest BCUT2D eigenvalue weighted by atomic mass is 10.2. The summed E-state index contributed by atoms with van der Waals surface area (Å²) in [6.07, 6.45) is 2.80. The molecule has 1 amide bonds. The van der Waals surface area contributed by atoms with Crippen LogP contribution >= 0.6 is 0 Å². The highest BCUT2D eigenvalue weighted by atomic mass is 19.1. The molecule has 4 nitrogen and oxygen atoms in total. The fourth-order valence-electron chi connectivity index (χ4n) is 1.44. The molecular weight excluding hydrogens is 252 g/mol. The van der Waals surface area contributed by atoms with E-state index < -0.39 is 17.5 Å². The van der Waals surface area contributed by atoms with Crippen LogP contribution in [0.25, 0.3) is 0 Å². The molecule has 2 aromatic rings. The maximum Gasteiger partial charge on any atom is 0.271 e. The topological polar surface area (TPSA) is 54.9 Å². The Hall–Kier alpha value is -2.37. The molecule has 0 saturated carbocycles. The van der Waals surface area contributed by atoms with E-state index in [0.717, 1.165) is 12.1 Å². The Labute approximate surface area is 108 Å². The number of hydrogen-bond donors (Lipinski definition) is 1. The molecule has 2 rings (SSSR count). The van der Waals surface area contributed by atoms with Crippen molar-refractivity contribution < 1.29 is 13.6 Å². The summed E-state index contributed by atoms with van der Waals surface area (Å²) in [6, 6.07) is 3.19. The standard InChI is InChI=1S/C13H11F2N3O/c1-8-5-17-12(7-16-8)13(19)18-6-9-2-3-10(14)4-11(9)15/h2-5,7H,6H2,1H3,(H,18,19). The van der Waals surface area contributed by atoms with E-state index in [1.165, 1.54) is 18.5 Å². The van der Waals surface area contributed by atoms with Crippen LogP contribution in [0.3, 0.4) is 0 Å². The molecule has 1 N–H and O–H groups in total. The Balaban J connectivity index is 2.02. The van der Waals surface area contributed by atoms with Crippen molar-refractivity contribution in [1.82, 2.24) is 15.3 Å². The van der Waals surface area contributed by atoms with Gasteiger partial charge in [0, 0.05) is 24.4 Å². The van der Waals surface area contributed by atoms with E-state index in [1.54, 1.807) is 6.92 Å². The van der Waals surface area contributed by atoms with Crippen LogP contribution in [-0.4, -0.2) is 15.9 Å². The maximum absolute atomic E-state index is 13.3. The number of nitrogens with one attached hydrogen (secondary N) is 1. The van der Waals surface area contributed by atoms with Crippen LogP contribution in [0.4, 0.5) is 8.78 Å². The number of rotatable bonds is 3. The van der Waals surface area contributed by atoms with Gasteiger partial charge in [0.15, 0.2) is 0 Å². The Bertz CT molecular complexity index is 599. The first-order valence-corrected chi connectivity index (χ1v) is 5.57. The van der Waals surface area contributed by atoms with Crippen LogP contribution < -0.4 is 5.32 Å². The van der Waals surface area contributed by atoms with Gasteiger partial charge in [0.05, 0.1) is 11.9 Å². The van der Waals surface area contributed by atoms with E-state index in [0.29, 0.717) is 5.69 Å². The highest BCUT2D eigenvalue weighted by Crippen LogP contribution is 2.09. The fourth-order valence-corrected chi connectivity index (χ4v) is 1.44. The SMILES string of the molecule is Cc1cnc(C(=O)NCc2ccc(F)cc2F)cn1. The number of aryl methyl sites for hydroxylation is 1. The Kier molecular flexibility index (Phi) is 3.79. The molecule has 0 saturated heterocycles. The number of nitrogens with zero attached hydrogens (tertiary/aromatic N) is 2. The normalized spacial score (nSPS) is 10.3. The van der Waals surface area contributed by atoms with Crippen molar-refractivity contribution >= 4 is 5.91 Å². The molecule has 0 aliphatic rings. The minimum Gasteiger partial charge on any atom is -0.346 e. The van der Waals surface area contributed by atoms with E-state index in [-0.39, 0.29) is 17.8 Å². The maximum atomic E-state index is 13.3. The van der Waals surface area contributed by atoms with Crippen LogP contribution in [0.2, 0.25) is 0 Å². The molecule has 0 unspecified atom stereocenters. The van der Waals surface area contributed by atoms with Crippen molar-refractivity contribution in [2.45, 2.75) is 13.5 Å². The summed E-state index contributed by atoms with van der Waals surface area (Å²) < 4.78 is 26.0. The summed E-state index contributed by atoms with van der Waals surface area (Å²) in [5.74, 6) is -1.82. The van der Waals surface area contributed by atoms with Crippen molar-refractivity contribution in [3.8, 4) is 0 Å². The summed E-state index contributed by atoms with van der Waals surface area (Å²) >= 11 is 0. The zero-order valence-corrected chi connectivity index (χ0v) is 10.2. The van der Waals surface area contributed by atoms with Gasteiger partial charge in [-0.1, -0.05) is 6.07 Å². The summed E-state index contributed by atoms with van der Waals surface area (Å²) in [7, 11) is 0. The minimum absolute atomic E-state index is 0.0412. The molecule has 6 heteroatoms. The average molecular weight is 263 g/mol. The van der Waals surface area contributed by atoms with Crippen LogP contribution in [0.5, 0.6) is 0 Å². The van der Waals surface area contributed by atoms with E-state index in [1.807, 2.05) is 0 Å². The predicted molar refractivity (Wildman–Crippen MR) is 64.3 cm³/mol. The molecule has 98 valence electrons. The number of hydrogen-bond acceptors (Lipinski definition) is 3. The quantitative estimate of drug-likeness (QED) is 0.921. The second-order valence-corrected chi connectivity index (χ2v) is 3.96. The molecule has 0 radical (unpaired) electrons. The van der Waals surface area contributed by atoms with Gasteiger partial charge >= 0.3 is 0 Å². The zero-order valence-electron chi connectivity index (χ0n) is 10.2. The first-order valence-electron chi connectivity index (χ1n) is 5.57. The molecule has 0 bridgehead atoms. The van der Waals surface area contributed by atoms with Crippen LogP contribution in [0, 0.1) is 18.6 Å². The minimum atomic E-state index is -0.699. The Morgan fingerprint density at radius 2 is 2.05 bits per heavy atom. The first kappa shape index (κ1) is 13.1. The van der Waals surface area contributed by atoms with Gasteiger partial charge in [-0.2, -0.15) is 0 Å². The molecule has 1 aromatic heterocycles. The lowest BCUT2D eigenvalue weighted by Gasteiger charge is -2.06. The smallest absolute Gasteiger partial charge is 0.271 e. The van der Waals surface area contributed by atoms with Crippen molar-refractivity contribution in [3.05, 3.63) is 59.2 Å². The van der Waals surface area contributed by atoms with Gasteiger partial charge in [-0.15, -0.1) is 0 Å². The summed E-state index contributed by atoms with van der Waals surface area (Å²) in [5, 5.41) is 2.49. The van der Waals surface area contributed by atoms with Gasteiger partial charge in [0.2, 0.25) is 0 Å². The van der Waals surface area contributed by atoms with Crippen molar-refractivity contribution in [2.75, 3.05) is 0 Å². The molecular formula is C13H11F2N3O. The second-order valence-electron chi connectivity index (χ2n) is 3.96. The molecule has 0 spiro atoms. The highest BCUT2D eigenvalue weighted by Gasteiger charge is 2.09. The fraction of sp³-hybridized carbons (Fsp3) is 0.154. The molecule has 0 atom stereocenters. The van der Waals surface area contributed by atoms with Crippen LogP contribution in [0.15, 0.2) is 30.6 Å². The van der Waals surface area contributed by atoms with Gasteiger partial charge < -0.3 is 5.32 Å². The number of benzene rings is 1. The van der Waals surface area contributed by atoms with Crippen LogP contribution in [0.1, 0.15) is 21.7 Å². The first-order chi connectivity index (χ1) is 9.06. The second kappa shape index (κ2) is 5.51. The van der Waals surface area contributed by atoms with E-state index in [9.17, 15) is 13.6 Å². The number of amides is 1. The predicted octanol–water partition coefficient (Wildman–Crippen LogP) is 1.99. The number of carbonyl (C=O) groups excluding carboxylic acids is 1. The van der Waals surface area contributed by atoms with Gasteiger partial charge in [0.1, 0.15) is 17.3 Å². The van der Waals surface area contributed by atoms with E-state index >= 15 is 0 Å². The summed E-state index contributed by atoms with van der Waals surface area (Å²) in [4.78, 5) is 19.5. The Morgan fingerprint density at radius 3 is 2.68 bits per heavy atom. The van der Waals surface area contributed by atoms with Gasteiger partial charge in [-0.05, 0) is 13.0 Å². The monoisotopic (exact) mass is 263 g/mol. The van der Waals surface area contributed by atoms with E-state index in [2.05, 4.69) is 15.3 Å². The molecule has 0 aliphatic heterocycles. The molecule has 0 aliphatic carbocycles. The third kappa shape index (κ3) is 3.31. The van der Waals surface area contributed by atoms with Gasteiger partial charge in [-0.3, -0.25) is 9.78 Å². The zero-order chi connectivity index (χ0) is 13.8. The van der Waals surface area contributed by atoms with Crippen molar-refractivity contribution in [3.63, 3.8) is 0 Å². The Morgan fingerprint density at radius 1 is 1.26 bits per heavy atom. The van der Waals surface area contributed by atoms with Gasteiger partial charge in [0.25, 0.3) is 5.91 Å². The third-order valence-corrected chi connectivity index (χ3v) is 2.47. The average Bonchev–Trinajstić information content (AvgIpc) is 2.38. The lowest BCUT2D eigenvalue weighted by Crippen LogP contribution is -2.24. The number of carbonyl (C=O) groups is 1. The lowest BCUT2D eigenvalue weighted by molar-refractivity contribution is 0.0945. The molecule has 1 aromatic carbocycles. The third-order valence-electron chi connectivity index (χ3n) is 2.47. The van der Waals surface area contributed by atoms with Gasteiger partial charge in [-0.25, -0.2) is 13.8 Å². The molecule has 0 fully saturated rings. The molecule has 19 heavy (non-hydrogen) atoms. The van der Waals surface area contributed by atoms with Crippen LogP contribution in [-0.2, 0) is 6.54 Å². The summed E-state index contributed by atoms with van der Waals surface area (Å²) in [5.41, 5.74) is 1.05. The van der Waals surface area contributed by atoms with Crippen molar-refractivity contribution in [1.29, 1.82) is 0 Å². The largest absolute Gasteiger partial charge is 0.346 e.